The van der Waals surface area contributed by atoms with Gasteiger partial charge < -0.3 is 9.64 Å². The van der Waals surface area contributed by atoms with E-state index in [0.717, 1.165) is 23.0 Å². The molecule has 29 heavy (non-hydrogen) atoms. The number of amides is 2. The molecule has 2 aromatic rings. The Morgan fingerprint density at radius 2 is 1.76 bits per heavy atom. The van der Waals surface area contributed by atoms with Gasteiger partial charge in [-0.2, -0.15) is 0 Å². The Morgan fingerprint density at radius 1 is 1.07 bits per heavy atom. The maximum absolute atomic E-state index is 12.5. The fraction of sp³-hybridized carbons (Fsp3) is 0.182. The molecule has 1 saturated heterocycles. The zero-order valence-corrected chi connectivity index (χ0v) is 17.7. The molecule has 5 nitrogen and oxygen atoms in total. The van der Waals surface area contributed by atoms with Crippen molar-refractivity contribution in [3.8, 4) is 5.75 Å². The molecule has 0 radical (unpaired) electrons. The fourth-order valence-electron chi connectivity index (χ4n) is 2.62. The maximum Gasteiger partial charge on any atom is 0.293 e. The Labute approximate surface area is 179 Å². The van der Waals surface area contributed by atoms with Crippen LogP contribution in [-0.2, 0) is 4.79 Å². The monoisotopic (exact) mass is 428 g/mol. The normalized spacial score (nSPS) is 15.6. The van der Waals surface area contributed by atoms with Crippen molar-refractivity contribution in [1.29, 1.82) is 0 Å². The zero-order chi connectivity index (χ0) is 20.8. The van der Waals surface area contributed by atoms with Crippen LogP contribution in [0.3, 0.4) is 0 Å². The number of halogens is 1. The second-order valence-electron chi connectivity index (χ2n) is 6.50. The molecule has 3 rings (SSSR count). The van der Waals surface area contributed by atoms with Gasteiger partial charge in [0.05, 0.1) is 11.4 Å². The number of nitrogens with zero attached hydrogens (tertiary/aromatic N) is 2. The molecule has 7 heteroatoms. The van der Waals surface area contributed by atoms with E-state index in [2.05, 4.69) is 0 Å². The average Bonchev–Trinajstić information content (AvgIpc) is 2.97. The molecule has 0 bridgehead atoms. The SMILES string of the molecule is CN(C)c1ccc(/C=C/C=C2\SC(=O)N(CCOc3ccc(Cl)cc3)C2=O)cc1. The summed E-state index contributed by atoms with van der Waals surface area (Å²) in [5, 5.41) is 0.333. The number of carbonyl (C=O) groups excluding carboxylic acids is 2. The summed E-state index contributed by atoms with van der Waals surface area (Å²) in [5.74, 6) is 0.340. The highest BCUT2D eigenvalue weighted by molar-refractivity contribution is 8.18. The second-order valence-corrected chi connectivity index (χ2v) is 7.93. The molecule has 0 unspecified atom stereocenters. The summed E-state index contributed by atoms with van der Waals surface area (Å²) < 4.78 is 5.57. The Morgan fingerprint density at radius 3 is 2.41 bits per heavy atom. The highest BCUT2D eigenvalue weighted by atomic mass is 35.5. The van der Waals surface area contributed by atoms with Crippen molar-refractivity contribution in [3.05, 3.63) is 76.2 Å². The number of hydrogen-bond acceptors (Lipinski definition) is 5. The van der Waals surface area contributed by atoms with Crippen molar-refractivity contribution in [2.45, 2.75) is 0 Å². The molecule has 1 aliphatic rings. The highest BCUT2D eigenvalue weighted by Gasteiger charge is 2.34. The minimum atomic E-state index is -0.299. The molecule has 0 spiro atoms. The molecule has 0 aliphatic carbocycles. The molecule has 2 amide bonds. The van der Waals surface area contributed by atoms with E-state index in [4.69, 9.17) is 16.3 Å². The van der Waals surface area contributed by atoms with E-state index < -0.39 is 0 Å². The highest BCUT2D eigenvalue weighted by Crippen LogP contribution is 2.30. The van der Waals surface area contributed by atoms with Crippen LogP contribution in [0.5, 0.6) is 5.75 Å². The lowest BCUT2D eigenvalue weighted by atomic mass is 10.2. The van der Waals surface area contributed by atoms with E-state index in [9.17, 15) is 9.59 Å². The fourth-order valence-corrected chi connectivity index (χ4v) is 3.57. The Bertz CT molecular complexity index is 938. The van der Waals surface area contributed by atoms with E-state index in [1.807, 2.05) is 49.3 Å². The van der Waals surface area contributed by atoms with E-state index >= 15 is 0 Å². The van der Waals surface area contributed by atoms with Gasteiger partial charge in [-0.25, -0.2) is 0 Å². The molecule has 1 fully saturated rings. The summed E-state index contributed by atoms with van der Waals surface area (Å²) in [6.07, 6.45) is 5.35. The van der Waals surface area contributed by atoms with Gasteiger partial charge in [-0.15, -0.1) is 0 Å². The first-order chi connectivity index (χ1) is 13.9. The summed E-state index contributed by atoms with van der Waals surface area (Å²) in [6.45, 7) is 0.418. The number of ether oxygens (including phenoxy) is 1. The van der Waals surface area contributed by atoms with Crippen molar-refractivity contribution in [2.24, 2.45) is 0 Å². The zero-order valence-electron chi connectivity index (χ0n) is 16.2. The predicted octanol–water partition coefficient (Wildman–Crippen LogP) is 5.08. The number of imide groups is 1. The molecular formula is C22H21ClN2O3S. The number of allylic oxidation sites excluding steroid dienone is 2. The molecule has 2 aromatic carbocycles. The summed E-state index contributed by atoms with van der Waals surface area (Å²) in [7, 11) is 3.98. The van der Waals surface area contributed by atoms with Gasteiger partial charge in [-0.1, -0.05) is 35.9 Å². The van der Waals surface area contributed by atoms with Gasteiger partial charge in [0.2, 0.25) is 0 Å². The average molecular weight is 429 g/mol. The number of thioether (sulfide) groups is 1. The number of rotatable bonds is 7. The van der Waals surface area contributed by atoms with E-state index in [-0.39, 0.29) is 24.3 Å². The number of carbonyl (C=O) groups is 2. The summed E-state index contributed by atoms with van der Waals surface area (Å²) in [5.41, 5.74) is 2.13. The molecule has 0 N–H and O–H groups in total. The molecule has 0 saturated carbocycles. The molecule has 0 atom stereocenters. The first-order valence-corrected chi connectivity index (χ1v) is 10.2. The smallest absolute Gasteiger partial charge is 0.293 e. The van der Waals surface area contributed by atoms with Crippen molar-refractivity contribution in [2.75, 3.05) is 32.1 Å². The number of hydrogen-bond donors (Lipinski definition) is 0. The molecule has 150 valence electrons. The van der Waals surface area contributed by atoms with Crippen LogP contribution in [0.4, 0.5) is 10.5 Å². The molecular weight excluding hydrogens is 408 g/mol. The van der Waals surface area contributed by atoms with Crippen LogP contribution in [0.2, 0.25) is 5.02 Å². The lowest BCUT2D eigenvalue weighted by molar-refractivity contribution is -0.123. The number of anilines is 1. The summed E-state index contributed by atoms with van der Waals surface area (Å²) in [4.78, 5) is 28.2. The minimum Gasteiger partial charge on any atom is -0.492 e. The van der Waals surface area contributed by atoms with Crippen molar-refractivity contribution in [1.82, 2.24) is 4.90 Å². The molecule has 1 aliphatic heterocycles. The maximum atomic E-state index is 12.5. The van der Waals surface area contributed by atoms with Crippen LogP contribution in [0, 0.1) is 0 Å². The first-order valence-electron chi connectivity index (χ1n) is 9.02. The van der Waals surface area contributed by atoms with Crippen LogP contribution >= 0.6 is 23.4 Å². The Balaban J connectivity index is 1.55. The predicted molar refractivity (Wildman–Crippen MR) is 120 cm³/mol. The van der Waals surface area contributed by atoms with Gasteiger partial charge in [-0.3, -0.25) is 14.5 Å². The Hall–Kier alpha value is -2.70. The van der Waals surface area contributed by atoms with E-state index in [1.54, 1.807) is 36.4 Å². The van der Waals surface area contributed by atoms with Crippen LogP contribution < -0.4 is 9.64 Å². The van der Waals surface area contributed by atoms with Gasteiger partial charge in [0.15, 0.2) is 0 Å². The van der Waals surface area contributed by atoms with E-state index in [0.29, 0.717) is 15.7 Å². The summed E-state index contributed by atoms with van der Waals surface area (Å²) in [6, 6.07) is 15.0. The third kappa shape index (κ3) is 5.65. The van der Waals surface area contributed by atoms with Crippen molar-refractivity contribution >= 4 is 46.3 Å². The quantitative estimate of drug-likeness (QED) is 0.576. The van der Waals surface area contributed by atoms with Crippen LogP contribution in [-0.4, -0.2) is 43.3 Å². The Kier molecular flexibility index (Phi) is 7.01. The van der Waals surface area contributed by atoms with Crippen molar-refractivity contribution < 1.29 is 14.3 Å². The van der Waals surface area contributed by atoms with Crippen LogP contribution in [0.25, 0.3) is 6.08 Å². The minimum absolute atomic E-state index is 0.195. The van der Waals surface area contributed by atoms with Crippen LogP contribution in [0.1, 0.15) is 5.56 Å². The second kappa shape index (κ2) is 9.67. The third-order valence-corrected chi connectivity index (χ3v) is 5.39. The van der Waals surface area contributed by atoms with E-state index in [1.165, 1.54) is 4.90 Å². The van der Waals surface area contributed by atoms with Crippen molar-refractivity contribution in [3.63, 3.8) is 0 Å². The molecule has 0 aromatic heterocycles. The lowest BCUT2D eigenvalue weighted by Gasteiger charge is -2.13. The lowest BCUT2D eigenvalue weighted by Crippen LogP contribution is -2.32. The molecule has 1 heterocycles. The summed E-state index contributed by atoms with van der Waals surface area (Å²) >= 11 is 6.77. The van der Waals surface area contributed by atoms with Gasteiger partial charge in [0, 0.05) is 24.8 Å². The standard InChI is InChI=1S/C22H21ClN2O3S/c1-24(2)18-10-6-16(7-11-18)4-3-5-20-21(26)25(22(27)29-20)14-15-28-19-12-8-17(23)9-13-19/h3-13H,14-15H2,1-2H3/b4-3+,20-5-. The van der Waals surface area contributed by atoms with Gasteiger partial charge in [0.1, 0.15) is 12.4 Å². The van der Waals surface area contributed by atoms with Gasteiger partial charge in [-0.05, 0) is 59.8 Å². The van der Waals surface area contributed by atoms with Crippen LogP contribution in [0.15, 0.2) is 65.6 Å². The topological polar surface area (TPSA) is 49.9 Å². The number of benzene rings is 2. The largest absolute Gasteiger partial charge is 0.492 e. The third-order valence-electron chi connectivity index (χ3n) is 4.22. The first kappa shape index (κ1) is 21.0. The van der Waals surface area contributed by atoms with Gasteiger partial charge >= 0.3 is 0 Å². The van der Waals surface area contributed by atoms with Gasteiger partial charge in [0.25, 0.3) is 11.1 Å².